The summed E-state index contributed by atoms with van der Waals surface area (Å²) in [6.45, 7) is 8.66. The lowest BCUT2D eigenvalue weighted by Gasteiger charge is -2.48. The minimum atomic E-state index is -0.585. The number of aliphatic imine (C=N–C) groups is 1. The first-order chi connectivity index (χ1) is 13.4. The van der Waals surface area contributed by atoms with Crippen LogP contribution in [0.4, 0.5) is 0 Å². The first-order valence-corrected chi connectivity index (χ1v) is 10.1. The highest BCUT2D eigenvalue weighted by Crippen LogP contribution is 2.44. The fraction of sp³-hybridized carbons (Fsp3) is 0.591. The van der Waals surface area contributed by atoms with E-state index in [1.165, 1.54) is 11.1 Å². The maximum Gasteiger partial charge on any atom is 0.320 e. The van der Waals surface area contributed by atoms with Crippen LogP contribution in [0.5, 0.6) is 0 Å². The first kappa shape index (κ1) is 21.9. The molecular weight excluding hydrogens is 354 g/mol. The Labute approximate surface area is 168 Å². The monoisotopic (exact) mass is 387 g/mol. The summed E-state index contributed by atoms with van der Waals surface area (Å²) < 4.78 is 0. The molecule has 0 bridgehead atoms. The molecule has 0 radical (unpaired) electrons. The van der Waals surface area contributed by atoms with Gasteiger partial charge in [0.05, 0.1) is 11.5 Å². The van der Waals surface area contributed by atoms with E-state index in [0.29, 0.717) is 18.7 Å². The Morgan fingerprint density at radius 3 is 2.54 bits per heavy atom. The van der Waals surface area contributed by atoms with Gasteiger partial charge in [-0.2, -0.15) is 0 Å². The number of carbonyl (C=O) groups excluding carboxylic acids is 2. The summed E-state index contributed by atoms with van der Waals surface area (Å²) in [7, 11) is 1.63. The average molecular weight is 388 g/mol. The second kappa shape index (κ2) is 9.71. The largest absolute Gasteiger partial charge is 0.346 e. The number of hydrogen-bond donors (Lipinski definition) is 1. The van der Waals surface area contributed by atoms with Gasteiger partial charge in [-0.25, -0.2) is 5.48 Å². The molecule has 6 heteroatoms. The molecule has 0 saturated carbocycles. The topological polar surface area (TPSA) is 71.0 Å². The van der Waals surface area contributed by atoms with Crippen molar-refractivity contribution in [3.8, 4) is 0 Å². The molecule has 2 atom stereocenters. The first-order valence-electron chi connectivity index (χ1n) is 10.1. The number of piperidine rings is 1. The summed E-state index contributed by atoms with van der Waals surface area (Å²) in [6, 6.07) is 8.79. The lowest BCUT2D eigenvalue weighted by Crippen LogP contribution is -2.54. The van der Waals surface area contributed by atoms with Crippen LogP contribution >= 0.6 is 0 Å². The minimum absolute atomic E-state index is 0.0901. The summed E-state index contributed by atoms with van der Waals surface area (Å²) in [5.74, 6) is 0.647. The van der Waals surface area contributed by atoms with Crippen LogP contribution in [0.1, 0.15) is 70.0 Å². The number of rotatable bonds is 8. The molecular formula is C22H33N3O3. The number of amides is 1. The summed E-state index contributed by atoms with van der Waals surface area (Å²) in [6.07, 6.45) is 3.90. The number of carbonyl (C=O) groups is 2. The van der Waals surface area contributed by atoms with E-state index in [9.17, 15) is 9.59 Å². The van der Waals surface area contributed by atoms with Gasteiger partial charge < -0.3 is 9.74 Å². The van der Waals surface area contributed by atoms with Crippen LogP contribution < -0.4 is 5.48 Å². The molecule has 1 amide bonds. The van der Waals surface area contributed by atoms with Gasteiger partial charge in [0, 0.05) is 19.5 Å². The molecule has 1 fully saturated rings. The van der Waals surface area contributed by atoms with E-state index in [4.69, 9.17) is 0 Å². The fourth-order valence-corrected chi connectivity index (χ4v) is 4.16. The molecule has 0 aromatic heterocycles. The van der Waals surface area contributed by atoms with Crippen LogP contribution in [-0.4, -0.2) is 36.2 Å². The number of benzene rings is 1. The smallest absolute Gasteiger partial charge is 0.320 e. The van der Waals surface area contributed by atoms with Gasteiger partial charge in [0.1, 0.15) is 5.84 Å². The zero-order valence-corrected chi connectivity index (χ0v) is 17.7. The maximum atomic E-state index is 13.7. The van der Waals surface area contributed by atoms with Gasteiger partial charge in [0.2, 0.25) is 5.91 Å². The Balaban J connectivity index is 2.34. The summed E-state index contributed by atoms with van der Waals surface area (Å²) in [4.78, 5) is 35.1. The van der Waals surface area contributed by atoms with Crippen molar-refractivity contribution in [2.45, 2.75) is 71.9 Å². The highest BCUT2D eigenvalue weighted by Gasteiger charge is 2.46. The average Bonchev–Trinajstić information content (AvgIpc) is 2.70. The van der Waals surface area contributed by atoms with Gasteiger partial charge in [-0.05, 0) is 38.2 Å². The minimum Gasteiger partial charge on any atom is -0.346 e. The number of nitrogens with one attached hydrogen (secondary N) is 1. The van der Waals surface area contributed by atoms with Gasteiger partial charge in [-0.1, -0.05) is 50.6 Å². The fourth-order valence-electron chi connectivity index (χ4n) is 4.16. The molecule has 154 valence electrons. The quantitative estimate of drug-likeness (QED) is 0.317. The standard InChI is InChI=1S/C22H33N3O3/c1-6-18(7-2)25-19(17-10-8-16(3)9-11-17)12-13-22(4,21(25)27)14-20(23-5)24-28-15-26/h8-11,15,18-19H,6-7,12-14H2,1-5H3,(H,23,24)/t19?,22-/m1/s1. The van der Waals surface area contributed by atoms with Gasteiger partial charge in [0.15, 0.2) is 0 Å². The SMILES string of the molecule is CCC(CC)N1C(=O)[C@@](C)(CC(=NC)NOC=O)CCC1c1ccc(C)cc1. The second-order valence-electron chi connectivity index (χ2n) is 7.87. The number of hydroxylamine groups is 1. The molecule has 0 aliphatic carbocycles. The van der Waals surface area contributed by atoms with E-state index in [2.05, 4.69) is 65.2 Å². The van der Waals surface area contributed by atoms with Gasteiger partial charge in [0.25, 0.3) is 0 Å². The van der Waals surface area contributed by atoms with Crippen LogP contribution in [0.3, 0.4) is 0 Å². The van der Waals surface area contributed by atoms with Crippen LogP contribution in [-0.2, 0) is 14.4 Å². The highest BCUT2D eigenvalue weighted by atomic mass is 16.7. The molecule has 0 spiro atoms. The summed E-state index contributed by atoms with van der Waals surface area (Å²) in [5.41, 5.74) is 4.37. The maximum absolute atomic E-state index is 13.7. The Hall–Kier alpha value is -2.37. The third-order valence-corrected chi connectivity index (χ3v) is 5.91. The second-order valence-corrected chi connectivity index (χ2v) is 7.87. The van der Waals surface area contributed by atoms with Crippen molar-refractivity contribution in [3.63, 3.8) is 0 Å². The van der Waals surface area contributed by atoms with E-state index in [1.54, 1.807) is 7.05 Å². The Morgan fingerprint density at radius 1 is 1.36 bits per heavy atom. The van der Waals surface area contributed by atoms with Crippen molar-refractivity contribution in [2.24, 2.45) is 10.4 Å². The van der Waals surface area contributed by atoms with Gasteiger partial charge in [-0.15, -0.1) is 0 Å². The molecule has 6 nitrogen and oxygen atoms in total. The third-order valence-electron chi connectivity index (χ3n) is 5.91. The van der Waals surface area contributed by atoms with Crippen molar-refractivity contribution in [1.29, 1.82) is 0 Å². The highest BCUT2D eigenvalue weighted by molar-refractivity contribution is 5.91. The summed E-state index contributed by atoms with van der Waals surface area (Å²) >= 11 is 0. The third kappa shape index (κ3) is 4.72. The van der Waals surface area contributed by atoms with Crippen molar-refractivity contribution in [2.75, 3.05) is 7.05 Å². The molecule has 1 aromatic rings. The molecule has 1 aliphatic heterocycles. The number of likely N-dealkylation sites (tertiary alicyclic amines) is 1. The van der Waals surface area contributed by atoms with Crippen LogP contribution in [0.2, 0.25) is 0 Å². The van der Waals surface area contributed by atoms with Crippen molar-refractivity contribution in [3.05, 3.63) is 35.4 Å². The number of nitrogens with zero attached hydrogens (tertiary/aromatic N) is 2. The van der Waals surface area contributed by atoms with Gasteiger partial charge >= 0.3 is 6.47 Å². The van der Waals surface area contributed by atoms with E-state index in [-0.39, 0.29) is 18.0 Å². The van der Waals surface area contributed by atoms with Gasteiger partial charge in [-0.3, -0.25) is 14.6 Å². The number of aryl methyl sites for hydroxylation is 1. The van der Waals surface area contributed by atoms with Crippen LogP contribution in [0, 0.1) is 12.3 Å². The Kier molecular flexibility index (Phi) is 7.61. The van der Waals surface area contributed by atoms with E-state index < -0.39 is 5.41 Å². The molecule has 1 saturated heterocycles. The van der Waals surface area contributed by atoms with Crippen molar-refractivity contribution >= 4 is 18.2 Å². The molecule has 28 heavy (non-hydrogen) atoms. The molecule has 1 aliphatic rings. The number of hydrogen-bond acceptors (Lipinski definition) is 4. The van der Waals surface area contributed by atoms with Crippen molar-refractivity contribution < 1.29 is 14.4 Å². The zero-order valence-electron chi connectivity index (χ0n) is 17.7. The molecule has 1 unspecified atom stereocenters. The van der Waals surface area contributed by atoms with Crippen LogP contribution in [0.15, 0.2) is 29.3 Å². The lowest BCUT2D eigenvalue weighted by molar-refractivity contribution is -0.152. The van der Waals surface area contributed by atoms with Crippen LogP contribution in [0.25, 0.3) is 0 Å². The Bertz CT molecular complexity index is 697. The molecule has 2 rings (SSSR count). The summed E-state index contributed by atoms with van der Waals surface area (Å²) in [5, 5.41) is 0. The predicted octanol–water partition coefficient (Wildman–Crippen LogP) is 3.95. The van der Waals surface area contributed by atoms with E-state index in [1.807, 2.05) is 6.92 Å². The van der Waals surface area contributed by atoms with E-state index >= 15 is 0 Å². The Morgan fingerprint density at radius 2 is 2.00 bits per heavy atom. The normalized spacial score (nSPS) is 23.1. The van der Waals surface area contributed by atoms with Crippen molar-refractivity contribution in [1.82, 2.24) is 10.4 Å². The molecule has 1 N–H and O–H groups in total. The molecule has 1 aromatic carbocycles. The molecule has 1 heterocycles. The number of amidine groups is 1. The zero-order chi connectivity index (χ0) is 20.7. The predicted molar refractivity (Wildman–Crippen MR) is 111 cm³/mol. The van der Waals surface area contributed by atoms with E-state index in [0.717, 1.165) is 25.7 Å². The lowest BCUT2D eigenvalue weighted by atomic mass is 9.73.